The Morgan fingerprint density at radius 1 is 1.38 bits per heavy atom. The van der Waals surface area contributed by atoms with Crippen molar-refractivity contribution in [3.05, 3.63) is 29.1 Å². The van der Waals surface area contributed by atoms with Gasteiger partial charge < -0.3 is 16.0 Å². The number of benzene rings is 1. The topological polar surface area (TPSA) is 70.2 Å². The Morgan fingerprint density at radius 3 is 2.88 bits per heavy atom. The highest BCUT2D eigenvalue weighted by Crippen LogP contribution is 2.26. The van der Waals surface area contributed by atoms with Crippen LogP contribution in [-0.4, -0.2) is 30.9 Å². The van der Waals surface area contributed by atoms with E-state index in [4.69, 9.17) is 0 Å². The number of nitrogens with one attached hydrogen (secondary N) is 3. The van der Waals surface area contributed by atoms with Gasteiger partial charge in [-0.1, -0.05) is 0 Å². The van der Waals surface area contributed by atoms with Gasteiger partial charge in [0.1, 0.15) is 5.82 Å². The maximum absolute atomic E-state index is 14.2. The number of amides is 2. The van der Waals surface area contributed by atoms with Crippen LogP contribution in [0.15, 0.2) is 12.1 Å². The summed E-state index contributed by atoms with van der Waals surface area (Å²) in [5.41, 5.74) is 1.33. The molecule has 3 rings (SSSR count). The van der Waals surface area contributed by atoms with Gasteiger partial charge in [-0.05, 0) is 62.9 Å². The second-order valence-electron chi connectivity index (χ2n) is 6.41. The van der Waals surface area contributed by atoms with Gasteiger partial charge in [-0.25, -0.2) is 4.39 Å². The Labute approximate surface area is 147 Å². The summed E-state index contributed by atoms with van der Waals surface area (Å²) >= 11 is 0. The second kappa shape index (κ2) is 7.94. The molecule has 2 amide bonds. The third-order valence-corrected chi connectivity index (χ3v) is 4.73. The minimum Gasteiger partial charge on any atom is -0.349 e. The molecule has 132 valence electrons. The predicted molar refractivity (Wildman–Crippen MR) is 93.1 cm³/mol. The minimum absolute atomic E-state index is 0. The van der Waals surface area contributed by atoms with Crippen molar-refractivity contribution in [3.63, 3.8) is 0 Å². The molecule has 1 aromatic rings. The number of aryl methyl sites for hydroxylation is 1. The molecule has 2 unspecified atom stereocenters. The molecule has 0 radical (unpaired) electrons. The van der Waals surface area contributed by atoms with Crippen LogP contribution >= 0.6 is 12.4 Å². The Balaban J connectivity index is 0.00000208. The summed E-state index contributed by atoms with van der Waals surface area (Å²) in [5.74, 6) is -0.738. The van der Waals surface area contributed by atoms with Crippen molar-refractivity contribution in [1.29, 1.82) is 0 Å². The molecular formula is C17H23ClFN3O2. The highest BCUT2D eigenvalue weighted by molar-refractivity contribution is 5.98. The molecule has 0 saturated carbocycles. The molecule has 2 aliphatic rings. The number of hydrogen-bond donors (Lipinski definition) is 3. The van der Waals surface area contributed by atoms with E-state index in [1.807, 2.05) is 6.92 Å². The van der Waals surface area contributed by atoms with Crippen molar-refractivity contribution >= 4 is 29.9 Å². The third kappa shape index (κ3) is 4.05. The van der Waals surface area contributed by atoms with E-state index in [1.165, 1.54) is 6.07 Å². The largest absolute Gasteiger partial charge is 0.349 e. The van der Waals surface area contributed by atoms with Gasteiger partial charge in [-0.15, -0.1) is 12.4 Å². The molecule has 0 spiro atoms. The van der Waals surface area contributed by atoms with Crippen LogP contribution in [0.3, 0.4) is 0 Å². The number of hydrogen-bond acceptors (Lipinski definition) is 3. The summed E-state index contributed by atoms with van der Waals surface area (Å²) in [5, 5.41) is 8.88. The zero-order valence-corrected chi connectivity index (χ0v) is 14.5. The average molecular weight is 356 g/mol. The van der Waals surface area contributed by atoms with Crippen LogP contribution in [0.2, 0.25) is 0 Å². The zero-order valence-electron chi connectivity index (χ0n) is 13.7. The molecule has 3 N–H and O–H groups in total. The number of carbonyl (C=O) groups is 2. The van der Waals surface area contributed by atoms with Crippen LogP contribution in [0.5, 0.6) is 0 Å². The standard InChI is InChI=1S/C17H22FN3O2.ClH/c1-10(12-3-2-6-19-9-12)20-17(23)13-7-11-4-5-16(22)21-15(11)8-14(13)18;/h7-8,10,12,19H,2-6,9H2,1H3,(H,20,23)(H,21,22);1H. The third-order valence-electron chi connectivity index (χ3n) is 4.73. The van der Waals surface area contributed by atoms with Gasteiger partial charge in [0.2, 0.25) is 5.91 Å². The van der Waals surface area contributed by atoms with Gasteiger partial charge in [-0.3, -0.25) is 9.59 Å². The number of halogens is 2. The molecule has 5 nitrogen and oxygen atoms in total. The molecule has 1 aromatic carbocycles. The van der Waals surface area contributed by atoms with Crippen LogP contribution in [-0.2, 0) is 11.2 Å². The quantitative estimate of drug-likeness (QED) is 0.778. The first kappa shape index (κ1) is 18.7. The highest BCUT2D eigenvalue weighted by Gasteiger charge is 2.24. The van der Waals surface area contributed by atoms with Crippen LogP contribution in [0.4, 0.5) is 10.1 Å². The van der Waals surface area contributed by atoms with Crippen LogP contribution in [0.25, 0.3) is 0 Å². The monoisotopic (exact) mass is 355 g/mol. The fourth-order valence-electron chi connectivity index (χ4n) is 3.28. The molecule has 0 aromatic heterocycles. The van der Waals surface area contributed by atoms with Gasteiger partial charge in [0.25, 0.3) is 5.91 Å². The fourth-order valence-corrected chi connectivity index (χ4v) is 3.28. The van der Waals surface area contributed by atoms with E-state index < -0.39 is 5.82 Å². The molecule has 2 atom stereocenters. The summed E-state index contributed by atoms with van der Waals surface area (Å²) in [6.45, 7) is 3.86. The number of carbonyl (C=O) groups excluding carboxylic acids is 2. The van der Waals surface area contributed by atoms with Crippen LogP contribution in [0.1, 0.15) is 42.1 Å². The lowest BCUT2D eigenvalue weighted by molar-refractivity contribution is -0.116. The maximum atomic E-state index is 14.2. The van der Waals surface area contributed by atoms with Crippen molar-refractivity contribution in [1.82, 2.24) is 10.6 Å². The molecule has 7 heteroatoms. The minimum atomic E-state index is -0.600. The molecule has 24 heavy (non-hydrogen) atoms. The van der Waals surface area contributed by atoms with Gasteiger partial charge in [0, 0.05) is 18.2 Å². The van der Waals surface area contributed by atoms with E-state index in [2.05, 4.69) is 16.0 Å². The van der Waals surface area contributed by atoms with Crippen molar-refractivity contribution in [2.24, 2.45) is 5.92 Å². The maximum Gasteiger partial charge on any atom is 0.254 e. The van der Waals surface area contributed by atoms with Crippen molar-refractivity contribution in [3.8, 4) is 0 Å². The number of rotatable bonds is 3. The van der Waals surface area contributed by atoms with E-state index in [1.54, 1.807) is 6.07 Å². The van der Waals surface area contributed by atoms with Crippen LogP contribution in [0, 0.1) is 11.7 Å². The van der Waals surface area contributed by atoms with E-state index in [9.17, 15) is 14.0 Å². The second-order valence-corrected chi connectivity index (χ2v) is 6.41. The summed E-state index contributed by atoms with van der Waals surface area (Å²) in [7, 11) is 0. The number of piperidine rings is 1. The SMILES string of the molecule is CC(NC(=O)c1cc2c(cc1F)NC(=O)CC2)C1CCCNC1.Cl. The van der Waals surface area contributed by atoms with Gasteiger partial charge in [0.05, 0.1) is 5.56 Å². The molecular weight excluding hydrogens is 333 g/mol. The number of fused-ring (bicyclic) bond motifs is 1. The summed E-state index contributed by atoms with van der Waals surface area (Å²) in [6.07, 6.45) is 3.05. The Hall–Kier alpha value is -1.66. The first-order valence-electron chi connectivity index (χ1n) is 8.18. The lowest BCUT2D eigenvalue weighted by Crippen LogP contribution is -2.44. The first-order valence-corrected chi connectivity index (χ1v) is 8.18. The Bertz CT molecular complexity index is 633. The predicted octanol–water partition coefficient (Wildman–Crippen LogP) is 2.25. The van der Waals surface area contributed by atoms with E-state index in [-0.39, 0.29) is 35.8 Å². The molecule has 0 bridgehead atoms. The molecule has 2 aliphatic heterocycles. The zero-order chi connectivity index (χ0) is 16.4. The smallest absolute Gasteiger partial charge is 0.254 e. The highest BCUT2D eigenvalue weighted by atomic mass is 35.5. The Morgan fingerprint density at radius 2 is 2.17 bits per heavy atom. The summed E-state index contributed by atoms with van der Waals surface area (Å²) in [4.78, 5) is 23.8. The van der Waals surface area contributed by atoms with Crippen molar-refractivity contribution in [2.45, 2.75) is 38.6 Å². The first-order chi connectivity index (χ1) is 11.0. The van der Waals surface area contributed by atoms with E-state index in [0.717, 1.165) is 31.5 Å². The molecule has 2 heterocycles. The van der Waals surface area contributed by atoms with E-state index >= 15 is 0 Å². The van der Waals surface area contributed by atoms with Crippen molar-refractivity contribution < 1.29 is 14.0 Å². The average Bonchev–Trinajstić information content (AvgIpc) is 2.54. The number of anilines is 1. The lowest BCUT2D eigenvalue weighted by Gasteiger charge is -2.29. The molecule has 1 saturated heterocycles. The molecule has 1 fully saturated rings. The van der Waals surface area contributed by atoms with Gasteiger partial charge >= 0.3 is 0 Å². The van der Waals surface area contributed by atoms with Gasteiger partial charge in [-0.2, -0.15) is 0 Å². The van der Waals surface area contributed by atoms with Crippen LogP contribution < -0.4 is 16.0 Å². The van der Waals surface area contributed by atoms with Crippen molar-refractivity contribution in [2.75, 3.05) is 18.4 Å². The molecule has 0 aliphatic carbocycles. The van der Waals surface area contributed by atoms with Gasteiger partial charge in [0.15, 0.2) is 0 Å². The fraction of sp³-hybridized carbons (Fsp3) is 0.529. The summed E-state index contributed by atoms with van der Waals surface area (Å²) < 4.78 is 14.2. The Kier molecular flexibility index (Phi) is 6.18. The lowest BCUT2D eigenvalue weighted by atomic mass is 9.92. The summed E-state index contributed by atoms with van der Waals surface area (Å²) in [6, 6.07) is 2.80. The van der Waals surface area contributed by atoms with E-state index in [0.29, 0.717) is 24.4 Å². The normalized spacial score (nSPS) is 21.1.